The number of aryl methyl sites for hydroxylation is 1. The Balaban J connectivity index is 1.43. The molecule has 150 valence electrons. The fourth-order valence-electron chi connectivity index (χ4n) is 3.55. The van der Waals surface area contributed by atoms with Gasteiger partial charge in [-0.1, -0.05) is 24.3 Å². The normalized spacial score (nSPS) is 14.0. The zero-order valence-corrected chi connectivity index (χ0v) is 17.0. The van der Waals surface area contributed by atoms with Gasteiger partial charge in [0.2, 0.25) is 5.95 Å². The van der Waals surface area contributed by atoms with E-state index in [0.717, 1.165) is 49.4 Å². The third-order valence-corrected chi connectivity index (χ3v) is 5.02. The van der Waals surface area contributed by atoms with E-state index in [4.69, 9.17) is 9.72 Å². The first-order chi connectivity index (χ1) is 14.2. The van der Waals surface area contributed by atoms with Crippen LogP contribution in [0.1, 0.15) is 12.5 Å². The van der Waals surface area contributed by atoms with Crippen LogP contribution in [0.3, 0.4) is 0 Å². The van der Waals surface area contributed by atoms with Crippen LogP contribution in [0, 0.1) is 6.92 Å². The molecule has 2 aromatic carbocycles. The van der Waals surface area contributed by atoms with Crippen LogP contribution in [0.15, 0.2) is 60.8 Å². The van der Waals surface area contributed by atoms with Crippen molar-refractivity contribution < 1.29 is 4.74 Å². The highest BCUT2D eigenvalue weighted by Crippen LogP contribution is 2.27. The number of ether oxygens (including phenoxy) is 1. The Morgan fingerprint density at radius 2 is 1.76 bits per heavy atom. The van der Waals surface area contributed by atoms with Crippen molar-refractivity contribution in [1.29, 1.82) is 0 Å². The van der Waals surface area contributed by atoms with Crippen LogP contribution in [0.25, 0.3) is 0 Å². The Morgan fingerprint density at radius 3 is 2.55 bits per heavy atom. The Labute approximate surface area is 172 Å². The van der Waals surface area contributed by atoms with Gasteiger partial charge >= 0.3 is 0 Å². The van der Waals surface area contributed by atoms with E-state index in [0.29, 0.717) is 6.61 Å². The van der Waals surface area contributed by atoms with Crippen molar-refractivity contribution in [2.75, 3.05) is 47.9 Å². The zero-order valence-electron chi connectivity index (χ0n) is 17.0. The summed E-state index contributed by atoms with van der Waals surface area (Å²) in [7, 11) is 0. The lowest BCUT2D eigenvalue weighted by Crippen LogP contribution is -2.47. The summed E-state index contributed by atoms with van der Waals surface area (Å²) < 4.78 is 5.70. The summed E-state index contributed by atoms with van der Waals surface area (Å²) in [4.78, 5) is 13.9. The first kappa shape index (κ1) is 19.1. The number of hydrogen-bond donors (Lipinski definition) is 1. The molecule has 2 heterocycles. The van der Waals surface area contributed by atoms with E-state index in [1.807, 2.05) is 37.3 Å². The minimum Gasteiger partial charge on any atom is -0.492 e. The Kier molecular flexibility index (Phi) is 5.79. The van der Waals surface area contributed by atoms with Gasteiger partial charge in [-0.15, -0.1) is 0 Å². The summed E-state index contributed by atoms with van der Waals surface area (Å²) >= 11 is 0. The number of benzene rings is 2. The lowest BCUT2D eigenvalue weighted by molar-refractivity contribution is 0.342. The minimum atomic E-state index is 0.624. The Morgan fingerprint density at radius 1 is 0.966 bits per heavy atom. The number of rotatable bonds is 6. The van der Waals surface area contributed by atoms with Gasteiger partial charge < -0.3 is 19.9 Å². The maximum atomic E-state index is 5.70. The molecule has 6 nitrogen and oxygen atoms in total. The fourth-order valence-corrected chi connectivity index (χ4v) is 3.55. The van der Waals surface area contributed by atoms with Gasteiger partial charge in [0.15, 0.2) is 0 Å². The number of para-hydroxylation sites is 2. The van der Waals surface area contributed by atoms with Crippen LogP contribution in [0.2, 0.25) is 0 Å². The van der Waals surface area contributed by atoms with Crippen LogP contribution in [0.5, 0.6) is 5.75 Å². The number of aromatic nitrogens is 2. The minimum absolute atomic E-state index is 0.624. The predicted molar refractivity (Wildman–Crippen MR) is 119 cm³/mol. The van der Waals surface area contributed by atoms with Crippen LogP contribution < -0.4 is 19.9 Å². The summed E-state index contributed by atoms with van der Waals surface area (Å²) in [5.74, 6) is 2.35. The number of nitrogens with zero attached hydrogens (tertiary/aromatic N) is 4. The maximum Gasteiger partial charge on any atom is 0.227 e. The molecule has 0 aliphatic carbocycles. The molecule has 1 saturated heterocycles. The van der Waals surface area contributed by atoms with Crippen LogP contribution in [-0.2, 0) is 0 Å². The highest BCUT2D eigenvalue weighted by molar-refractivity contribution is 5.64. The van der Waals surface area contributed by atoms with Crippen molar-refractivity contribution in [3.8, 4) is 5.75 Å². The number of hydrogen-bond acceptors (Lipinski definition) is 6. The van der Waals surface area contributed by atoms with E-state index in [9.17, 15) is 0 Å². The second-order valence-corrected chi connectivity index (χ2v) is 7.11. The molecule has 0 amide bonds. The van der Waals surface area contributed by atoms with E-state index in [-0.39, 0.29) is 0 Å². The quantitative estimate of drug-likeness (QED) is 0.680. The molecule has 6 heteroatoms. The van der Waals surface area contributed by atoms with Gasteiger partial charge in [-0.25, -0.2) is 4.98 Å². The van der Waals surface area contributed by atoms with Gasteiger partial charge in [0.1, 0.15) is 11.6 Å². The van der Waals surface area contributed by atoms with Gasteiger partial charge in [0.05, 0.1) is 12.3 Å². The third kappa shape index (κ3) is 4.59. The Hall–Kier alpha value is -3.28. The van der Waals surface area contributed by atoms with Crippen molar-refractivity contribution in [3.05, 3.63) is 66.4 Å². The van der Waals surface area contributed by atoms with Crippen molar-refractivity contribution >= 4 is 23.1 Å². The number of nitrogens with one attached hydrogen (secondary N) is 1. The highest BCUT2D eigenvalue weighted by Gasteiger charge is 2.19. The van der Waals surface area contributed by atoms with Crippen molar-refractivity contribution in [2.24, 2.45) is 0 Å². The molecule has 0 saturated carbocycles. The summed E-state index contributed by atoms with van der Waals surface area (Å²) in [6.07, 6.45) is 1.81. The van der Waals surface area contributed by atoms with E-state index in [2.05, 4.69) is 51.3 Å². The molecule has 1 aromatic heterocycles. The van der Waals surface area contributed by atoms with Crippen LogP contribution in [0.4, 0.5) is 23.1 Å². The molecule has 0 radical (unpaired) electrons. The second-order valence-electron chi connectivity index (χ2n) is 7.11. The zero-order chi connectivity index (χ0) is 20.1. The molecule has 1 aliphatic rings. The number of anilines is 4. The molecule has 29 heavy (non-hydrogen) atoms. The molecule has 3 aromatic rings. The van der Waals surface area contributed by atoms with Gasteiger partial charge in [-0.3, -0.25) is 0 Å². The van der Waals surface area contributed by atoms with Crippen LogP contribution in [-0.4, -0.2) is 42.8 Å². The summed E-state index contributed by atoms with van der Waals surface area (Å²) in [5, 5.41) is 3.36. The van der Waals surface area contributed by atoms with E-state index in [1.54, 1.807) is 6.20 Å². The standard InChI is InChI=1S/C23H27N5O/c1-3-29-21-10-5-4-9-20(21)25-22-11-12-24-23(26-22)28-15-13-27(14-16-28)19-8-6-7-18(2)17-19/h4-12,17H,3,13-16H2,1-2H3,(H,24,25,26). The SMILES string of the molecule is CCOc1ccccc1Nc1ccnc(N2CCN(c3cccc(C)c3)CC2)n1. The third-order valence-electron chi connectivity index (χ3n) is 5.02. The monoisotopic (exact) mass is 389 g/mol. The van der Waals surface area contributed by atoms with Gasteiger partial charge in [0.25, 0.3) is 0 Å². The van der Waals surface area contributed by atoms with E-state index < -0.39 is 0 Å². The predicted octanol–water partition coefficient (Wildman–Crippen LogP) is 4.25. The summed E-state index contributed by atoms with van der Waals surface area (Å²) in [6.45, 7) is 8.44. The smallest absolute Gasteiger partial charge is 0.227 e. The first-order valence-electron chi connectivity index (χ1n) is 10.1. The average Bonchev–Trinajstić information content (AvgIpc) is 2.76. The number of piperazine rings is 1. The van der Waals surface area contributed by atoms with Gasteiger partial charge in [-0.05, 0) is 49.7 Å². The molecule has 0 spiro atoms. The van der Waals surface area contributed by atoms with Crippen molar-refractivity contribution in [2.45, 2.75) is 13.8 Å². The van der Waals surface area contributed by atoms with Gasteiger partial charge in [0, 0.05) is 38.1 Å². The molecule has 1 fully saturated rings. The lowest BCUT2D eigenvalue weighted by Gasteiger charge is -2.36. The van der Waals surface area contributed by atoms with E-state index in [1.165, 1.54) is 11.3 Å². The molecule has 0 atom stereocenters. The van der Waals surface area contributed by atoms with Gasteiger partial charge in [-0.2, -0.15) is 4.98 Å². The lowest BCUT2D eigenvalue weighted by atomic mass is 10.2. The van der Waals surface area contributed by atoms with Crippen molar-refractivity contribution in [1.82, 2.24) is 9.97 Å². The largest absolute Gasteiger partial charge is 0.492 e. The first-order valence-corrected chi connectivity index (χ1v) is 10.1. The summed E-state index contributed by atoms with van der Waals surface area (Å²) in [5.41, 5.74) is 3.48. The molecule has 1 N–H and O–H groups in total. The van der Waals surface area contributed by atoms with E-state index >= 15 is 0 Å². The molecule has 0 unspecified atom stereocenters. The average molecular weight is 390 g/mol. The molecule has 4 rings (SSSR count). The fraction of sp³-hybridized carbons (Fsp3) is 0.304. The highest BCUT2D eigenvalue weighted by atomic mass is 16.5. The molecular formula is C23H27N5O. The molecule has 1 aliphatic heterocycles. The Bertz CT molecular complexity index is 953. The summed E-state index contributed by atoms with van der Waals surface area (Å²) in [6, 6.07) is 18.5. The van der Waals surface area contributed by atoms with Crippen molar-refractivity contribution in [3.63, 3.8) is 0 Å². The molecular weight excluding hydrogens is 362 g/mol. The topological polar surface area (TPSA) is 53.5 Å². The second kappa shape index (κ2) is 8.82. The maximum absolute atomic E-state index is 5.70. The van der Waals surface area contributed by atoms with Crippen LogP contribution >= 0.6 is 0 Å². The molecule has 0 bridgehead atoms.